The maximum absolute atomic E-state index is 9.49. The molecule has 3 rings (SSSR count). The van der Waals surface area contributed by atoms with Crippen molar-refractivity contribution in [1.82, 2.24) is 9.88 Å². The van der Waals surface area contributed by atoms with Crippen molar-refractivity contribution in [1.29, 1.82) is 10.5 Å². The highest BCUT2D eigenvalue weighted by Crippen LogP contribution is 2.25. The molecule has 0 N–H and O–H groups in total. The Labute approximate surface area is 161 Å². The zero-order valence-electron chi connectivity index (χ0n) is 16.2. The second kappa shape index (κ2) is 7.78. The second-order valence-corrected chi connectivity index (χ2v) is 7.99. The summed E-state index contributed by atoms with van der Waals surface area (Å²) in [6.45, 7) is 10.6. The van der Waals surface area contributed by atoms with Crippen LogP contribution in [0.1, 0.15) is 43.2 Å². The molecule has 0 aliphatic carbocycles. The predicted octanol–water partition coefficient (Wildman–Crippen LogP) is 3.44. The molecule has 5 nitrogen and oxygen atoms in total. The molecule has 5 heteroatoms. The first-order valence-corrected chi connectivity index (χ1v) is 9.28. The Morgan fingerprint density at radius 1 is 1.00 bits per heavy atom. The first-order chi connectivity index (χ1) is 12.9. The highest BCUT2D eigenvalue weighted by atomic mass is 15.3. The maximum Gasteiger partial charge on any atom is 0.101 e. The molecule has 0 saturated carbocycles. The van der Waals surface area contributed by atoms with E-state index in [9.17, 15) is 10.5 Å². The van der Waals surface area contributed by atoms with Gasteiger partial charge in [-0.15, -0.1) is 0 Å². The normalized spacial score (nSPS) is 15.2. The van der Waals surface area contributed by atoms with E-state index in [1.54, 1.807) is 0 Å². The van der Waals surface area contributed by atoms with Gasteiger partial charge in [-0.3, -0.25) is 9.88 Å². The summed E-state index contributed by atoms with van der Waals surface area (Å²) in [5.74, 6) is 0. The fourth-order valence-corrected chi connectivity index (χ4v) is 3.53. The Balaban J connectivity index is 1.66. The Hall–Kier alpha value is -2.89. The van der Waals surface area contributed by atoms with Crippen LogP contribution in [-0.4, -0.2) is 36.1 Å². The van der Waals surface area contributed by atoms with Crippen molar-refractivity contribution in [3.05, 3.63) is 58.9 Å². The Morgan fingerprint density at radius 2 is 1.67 bits per heavy atom. The zero-order valence-corrected chi connectivity index (χ0v) is 16.2. The topological polar surface area (TPSA) is 67.0 Å². The number of pyridine rings is 1. The van der Waals surface area contributed by atoms with E-state index in [1.165, 1.54) is 0 Å². The second-order valence-electron chi connectivity index (χ2n) is 7.99. The molecular formula is C22H25N5. The molecule has 0 unspecified atom stereocenters. The largest absolute Gasteiger partial charge is 0.368 e. The van der Waals surface area contributed by atoms with Crippen molar-refractivity contribution in [2.45, 2.75) is 32.7 Å². The number of para-hydroxylation sites is 1. The highest BCUT2D eigenvalue weighted by Gasteiger charge is 2.22. The van der Waals surface area contributed by atoms with Crippen molar-refractivity contribution >= 4 is 5.69 Å². The van der Waals surface area contributed by atoms with Gasteiger partial charge in [0.2, 0.25) is 0 Å². The van der Waals surface area contributed by atoms with Crippen LogP contribution in [0.5, 0.6) is 0 Å². The molecule has 138 valence electrons. The van der Waals surface area contributed by atoms with E-state index in [2.05, 4.69) is 47.7 Å². The molecule has 1 aliphatic rings. The van der Waals surface area contributed by atoms with Crippen LogP contribution < -0.4 is 4.90 Å². The summed E-state index contributed by atoms with van der Waals surface area (Å²) in [6.07, 6.45) is 1.90. The standard InChI is InChI=1S/C22H25N5/c1-22(2,3)21-19(14-24)12-17(15-25-21)16-26-8-10-27(11-9-26)20-7-5-4-6-18(20)13-23/h4-7,12,15H,8-11,16H2,1-3H3. The summed E-state index contributed by atoms with van der Waals surface area (Å²) >= 11 is 0. The lowest BCUT2D eigenvalue weighted by molar-refractivity contribution is 0.249. The quantitative estimate of drug-likeness (QED) is 0.840. The predicted molar refractivity (Wildman–Crippen MR) is 106 cm³/mol. The molecule has 0 radical (unpaired) electrons. The van der Waals surface area contributed by atoms with Gasteiger partial charge in [-0.25, -0.2) is 0 Å². The molecule has 1 aliphatic heterocycles. The van der Waals surface area contributed by atoms with E-state index >= 15 is 0 Å². The summed E-state index contributed by atoms with van der Waals surface area (Å²) in [5.41, 5.74) is 4.21. The molecule has 1 fully saturated rings. The fraction of sp³-hybridized carbons (Fsp3) is 0.409. The number of piperazine rings is 1. The molecule has 2 heterocycles. The lowest BCUT2D eigenvalue weighted by atomic mass is 9.88. The first-order valence-electron chi connectivity index (χ1n) is 9.28. The minimum atomic E-state index is -0.136. The van der Waals surface area contributed by atoms with Crippen LogP contribution in [0.15, 0.2) is 36.5 Å². The average molecular weight is 359 g/mol. The van der Waals surface area contributed by atoms with Gasteiger partial charge in [0, 0.05) is 44.3 Å². The third kappa shape index (κ3) is 4.27. The number of hydrogen-bond donors (Lipinski definition) is 0. The highest BCUT2D eigenvalue weighted by molar-refractivity contribution is 5.59. The number of rotatable bonds is 3. The van der Waals surface area contributed by atoms with Crippen molar-refractivity contribution in [3.8, 4) is 12.1 Å². The number of benzene rings is 1. The van der Waals surface area contributed by atoms with Crippen LogP contribution in [0.2, 0.25) is 0 Å². The van der Waals surface area contributed by atoms with Crippen LogP contribution in [0.3, 0.4) is 0 Å². The Bertz CT molecular complexity index is 890. The van der Waals surface area contributed by atoms with E-state index < -0.39 is 0 Å². The molecule has 1 aromatic carbocycles. The van der Waals surface area contributed by atoms with E-state index in [4.69, 9.17) is 0 Å². The summed E-state index contributed by atoms with van der Waals surface area (Å²) in [4.78, 5) is 9.23. The molecule has 27 heavy (non-hydrogen) atoms. The summed E-state index contributed by atoms with van der Waals surface area (Å²) < 4.78 is 0. The maximum atomic E-state index is 9.49. The van der Waals surface area contributed by atoms with Crippen LogP contribution in [0, 0.1) is 22.7 Å². The van der Waals surface area contributed by atoms with Gasteiger partial charge in [0.05, 0.1) is 22.5 Å². The van der Waals surface area contributed by atoms with Crippen LogP contribution >= 0.6 is 0 Å². The van der Waals surface area contributed by atoms with Gasteiger partial charge in [0.25, 0.3) is 0 Å². The summed E-state index contributed by atoms with van der Waals surface area (Å²) in [6, 6.07) is 14.3. The van der Waals surface area contributed by atoms with Crippen molar-refractivity contribution in [2.75, 3.05) is 31.1 Å². The minimum absolute atomic E-state index is 0.136. The third-order valence-corrected chi connectivity index (χ3v) is 4.92. The first kappa shape index (κ1) is 18.9. The summed E-state index contributed by atoms with van der Waals surface area (Å²) in [5, 5.41) is 18.8. The Kier molecular flexibility index (Phi) is 5.44. The summed E-state index contributed by atoms with van der Waals surface area (Å²) in [7, 11) is 0. The van der Waals surface area contributed by atoms with Gasteiger partial charge in [0.15, 0.2) is 0 Å². The zero-order chi connectivity index (χ0) is 19.4. The van der Waals surface area contributed by atoms with Crippen LogP contribution in [-0.2, 0) is 12.0 Å². The molecule has 1 saturated heterocycles. The van der Waals surface area contributed by atoms with Gasteiger partial charge in [-0.05, 0) is 23.8 Å². The molecule has 0 spiro atoms. The van der Waals surface area contributed by atoms with Crippen LogP contribution in [0.4, 0.5) is 5.69 Å². The lowest BCUT2D eigenvalue weighted by Crippen LogP contribution is -2.46. The Morgan fingerprint density at radius 3 is 2.30 bits per heavy atom. The SMILES string of the molecule is CC(C)(C)c1ncc(CN2CCN(c3ccccc3C#N)CC2)cc1C#N. The molecule has 2 aromatic rings. The van der Waals surface area contributed by atoms with Gasteiger partial charge < -0.3 is 4.90 Å². The monoisotopic (exact) mass is 359 g/mol. The van der Waals surface area contributed by atoms with Crippen molar-refractivity contribution in [2.24, 2.45) is 0 Å². The fourth-order valence-electron chi connectivity index (χ4n) is 3.53. The van der Waals surface area contributed by atoms with Crippen LogP contribution in [0.25, 0.3) is 0 Å². The average Bonchev–Trinajstić information content (AvgIpc) is 2.67. The number of anilines is 1. The van der Waals surface area contributed by atoms with E-state index in [1.807, 2.05) is 36.5 Å². The van der Waals surface area contributed by atoms with Crippen molar-refractivity contribution in [3.63, 3.8) is 0 Å². The van der Waals surface area contributed by atoms with E-state index in [0.29, 0.717) is 5.56 Å². The van der Waals surface area contributed by atoms with E-state index in [0.717, 1.165) is 55.2 Å². The van der Waals surface area contributed by atoms with Crippen molar-refractivity contribution < 1.29 is 0 Å². The van der Waals surface area contributed by atoms with Gasteiger partial charge in [0.1, 0.15) is 12.1 Å². The molecular weight excluding hydrogens is 334 g/mol. The lowest BCUT2D eigenvalue weighted by Gasteiger charge is -2.36. The molecule has 0 amide bonds. The smallest absolute Gasteiger partial charge is 0.101 e. The van der Waals surface area contributed by atoms with Gasteiger partial charge in [-0.1, -0.05) is 32.9 Å². The molecule has 0 bridgehead atoms. The number of aromatic nitrogens is 1. The van der Waals surface area contributed by atoms with Gasteiger partial charge in [-0.2, -0.15) is 10.5 Å². The third-order valence-electron chi connectivity index (χ3n) is 4.92. The van der Waals surface area contributed by atoms with Gasteiger partial charge >= 0.3 is 0 Å². The van der Waals surface area contributed by atoms with E-state index in [-0.39, 0.29) is 5.41 Å². The number of hydrogen-bond acceptors (Lipinski definition) is 5. The molecule has 0 atom stereocenters. The number of nitrogens with zero attached hydrogens (tertiary/aromatic N) is 5. The number of nitriles is 2. The minimum Gasteiger partial charge on any atom is -0.368 e. The molecule has 1 aromatic heterocycles.